The number of anilines is 1. The van der Waals surface area contributed by atoms with Gasteiger partial charge < -0.3 is 9.32 Å². The van der Waals surface area contributed by atoms with E-state index in [2.05, 4.69) is 33.9 Å². The van der Waals surface area contributed by atoms with E-state index in [1.54, 1.807) is 6.33 Å². The largest absolute Gasteiger partial charge is 0.464 e. The number of rotatable bonds is 2. The van der Waals surface area contributed by atoms with Gasteiger partial charge in [-0.3, -0.25) is 0 Å². The van der Waals surface area contributed by atoms with Crippen LogP contribution in [-0.2, 0) is 0 Å². The number of aryl methyl sites for hydroxylation is 1. The third-order valence-corrected chi connectivity index (χ3v) is 4.75. The van der Waals surface area contributed by atoms with Crippen molar-refractivity contribution < 1.29 is 4.42 Å². The molecule has 2 aromatic heterocycles. The van der Waals surface area contributed by atoms with Gasteiger partial charge in [-0.05, 0) is 49.9 Å². The maximum atomic E-state index is 5.95. The second-order valence-electron chi connectivity index (χ2n) is 6.50. The number of benzene rings is 1. The Bertz CT molecular complexity index is 821. The molecule has 1 aromatic carbocycles. The van der Waals surface area contributed by atoms with E-state index in [0.29, 0.717) is 5.92 Å². The number of furan rings is 1. The summed E-state index contributed by atoms with van der Waals surface area (Å²) in [5.41, 5.74) is 0.991. The lowest BCUT2D eigenvalue weighted by Crippen LogP contribution is -2.36. The number of nitrogens with zero attached hydrogens (tertiary/aromatic N) is 3. The number of hydrogen-bond acceptors (Lipinski definition) is 4. The van der Waals surface area contributed by atoms with Gasteiger partial charge in [-0.1, -0.05) is 19.1 Å². The van der Waals surface area contributed by atoms with Gasteiger partial charge in [0.15, 0.2) is 0 Å². The third kappa shape index (κ3) is 2.58. The molecule has 1 saturated heterocycles. The van der Waals surface area contributed by atoms with Crippen molar-refractivity contribution in [1.29, 1.82) is 0 Å². The lowest BCUT2D eigenvalue weighted by atomic mass is 9.91. The first-order valence-corrected chi connectivity index (χ1v) is 8.25. The molecule has 1 fully saturated rings. The van der Waals surface area contributed by atoms with Crippen LogP contribution in [0.3, 0.4) is 0 Å². The van der Waals surface area contributed by atoms with Gasteiger partial charge in [-0.15, -0.1) is 0 Å². The summed E-state index contributed by atoms with van der Waals surface area (Å²) in [6, 6.07) is 12.6. The van der Waals surface area contributed by atoms with Crippen molar-refractivity contribution in [2.75, 3.05) is 11.4 Å². The van der Waals surface area contributed by atoms with Crippen LogP contribution in [0.1, 0.15) is 37.3 Å². The molecule has 4 nitrogen and oxygen atoms in total. The van der Waals surface area contributed by atoms with Crippen LogP contribution >= 0.6 is 0 Å². The standard InChI is InChI=1S/C19H21N3O/c1-13-9-10-22(17(11-13)18-8-7-14(2)23-18)19-15-5-3-4-6-16(15)20-12-21-19/h3-8,12-13,17H,9-11H2,1-2H3. The van der Waals surface area contributed by atoms with E-state index >= 15 is 0 Å². The molecule has 4 heteroatoms. The Kier molecular flexibility index (Phi) is 3.52. The normalized spacial score (nSPS) is 21.7. The number of fused-ring (bicyclic) bond motifs is 1. The summed E-state index contributed by atoms with van der Waals surface area (Å²) in [5, 5.41) is 1.11. The van der Waals surface area contributed by atoms with E-state index in [-0.39, 0.29) is 6.04 Å². The van der Waals surface area contributed by atoms with E-state index in [4.69, 9.17) is 4.42 Å². The van der Waals surface area contributed by atoms with Crippen LogP contribution in [0.15, 0.2) is 47.1 Å². The average molecular weight is 307 g/mol. The van der Waals surface area contributed by atoms with E-state index in [0.717, 1.165) is 41.2 Å². The first-order chi connectivity index (χ1) is 11.2. The highest BCUT2D eigenvalue weighted by Gasteiger charge is 2.31. The highest BCUT2D eigenvalue weighted by atomic mass is 16.3. The molecule has 0 bridgehead atoms. The van der Waals surface area contributed by atoms with Crippen LogP contribution in [0.4, 0.5) is 5.82 Å². The molecule has 23 heavy (non-hydrogen) atoms. The zero-order valence-electron chi connectivity index (χ0n) is 13.6. The first-order valence-electron chi connectivity index (χ1n) is 8.25. The van der Waals surface area contributed by atoms with Gasteiger partial charge in [0.1, 0.15) is 23.7 Å². The maximum absolute atomic E-state index is 5.95. The maximum Gasteiger partial charge on any atom is 0.140 e. The zero-order chi connectivity index (χ0) is 15.8. The predicted molar refractivity (Wildman–Crippen MR) is 91.5 cm³/mol. The number of aromatic nitrogens is 2. The molecule has 4 rings (SSSR count). The molecule has 3 aromatic rings. The molecule has 2 atom stereocenters. The van der Waals surface area contributed by atoms with Crippen LogP contribution in [0.25, 0.3) is 10.9 Å². The van der Waals surface area contributed by atoms with Crippen LogP contribution in [0.5, 0.6) is 0 Å². The minimum absolute atomic E-state index is 0.241. The highest BCUT2D eigenvalue weighted by molar-refractivity contribution is 5.89. The topological polar surface area (TPSA) is 42.2 Å². The zero-order valence-corrected chi connectivity index (χ0v) is 13.6. The summed E-state index contributed by atoms with van der Waals surface area (Å²) in [6.07, 6.45) is 3.93. The Morgan fingerprint density at radius 3 is 2.83 bits per heavy atom. The molecule has 0 spiro atoms. The van der Waals surface area contributed by atoms with Crippen LogP contribution in [0.2, 0.25) is 0 Å². The Hall–Kier alpha value is -2.36. The van der Waals surface area contributed by atoms with Crippen molar-refractivity contribution in [3.8, 4) is 0 Å². The monoisotopic (exact) mass is 307 g/mol. The molecule has 1 aliphatic rings. The highest BCUT2D eigenvalue weighted by Crippen LogP contribution is 2.39. The summed E-state index contributed by atoms with van der Waals surface area (Å²) >= 11 is 0. The second-order valence-corrected chi connectivity index (χ2v) is 6.50. The Morgan fingerprint density at radius 2 is 2.00 bits per heavy atom. The van der Waals surface area contributed by atoms with Crippen molar-refractivity contribution in [2.24, 2.45) is 5.92 Å². The average Bonchev–Trinajstić information content (AvgIpc) is 3.01. The van der Waals surface area contributed by atoms with Crippen molar-refractivity contribution in [1.82, 2.24) is 9.97 Å². The molecule has 0 N–H and O–H groups in total. The molecule has 2 unspecified atom stereocenters. The van der Waals surface area contributed by atoms with E-state index in [1.165, 1.54) is 6.42 Å². The quantitative estimate of drug-likeness (QED) is 0.698. The lowest BCUT2D eigenvalue weighted by Gasteiger charge is -2.38. The summed E-state index contributed by atoms with van der Waals surface area (Å²) < 4.78 is 5.95. The smallest absolute Gasteiger partial charge is 0.140 e. The van der Waals surface area contributed by atoms with E-state index in [1.807, 2.05) is 31.2 Å². The van der Waals surface area contributed by atoms with Crippen molar-refractivity contribution in [2.45, 2.75) is 32.7 Å². The van der Waals surface area contributed by atoms with E-state index in [9.17, 15) is 0 Å². The molecular formula is C19H21N3O. The number of hydrogen-bond donors (Lipinski definition) is 0. The fourth-order valence-corrected chi connectivity index (χ4v) is 3.52. The Balaban J connectivity index is 1.80. The van der Waals surface area contributed by atoms with Gasteiger partial charge in [0.05, 0.1) is 11.6 Å². The summed E-state index contributed by atoms with van der Waals surface area (Å²) in [4.78, 5) is 11.4. The lowest BCUT2D eigenvalue weighted by molar-refractivity contribution is 0.323. The fourth-order valence-electron chi connectivity index (χ4n) is 3.52. The SMILES string of the molecule is Cc1ccc(C2CC(C)CCN2c2ncnc3ccccc23)o1. The molecule has 1 aliphatic heterocycles. The first kappa shape index (κ1) is 14.2. The molecule has 0 radical (unpaired) electrons. The molecule has 3 heterocycles. The van der Waals surface area contributed by atoms with Crippen molar-refractivity contribution >= 4 is 16.7 Å². The molecular weight excluding hydrogens is 286 g/mol. The van der Waals surface area contributed by atoms with Gasteiger partial charge in [0.25, 0.3) is 0 Å². The molecule has 118 valence electrons. The minimum Gasteiger partial charge on any atom is -0.464 e. The molecule has 0 aliphatic carbocycles. The van der Waals surface area contributed by atoms with Crippen LogP contribution in [-0.4, -0.2) is 16.5 Å². The van der Waals surface area contributed by atoms with Crippen molar-refractivity contribution in [3.63, 3.8) is 0 Å². The summed E-state index contributed by atoms with van der Waals surface area (Å²) in [6.45, 7) is 5.31. The number of piperidine rings is 1. The summed E-state index contributed by atoms with van der Waals surface area (Å²) in [5.74, 6) is 3.71. The Morgan fingerprint density at radius 1 is 1.13 bits per heavy atom. The number of para-hydroxylation sites is 1. The molecule has 0 amide bonds. The predicted octanol–water partition coefficient (Wildman–Crippen LogP) is 4.51. The fraction of sp³-hybridized carbons (Fsp3) is 0.368. The third-order valence-electron chi connectivity index (χ3n) is 4.75. The molecule has 0 saturated carbocycles. The van der Waals surface area contributed by atoms with Crippen LogP contribution < -0.4 is 4.90 Å². The van der Waals surface area contributed by atoms with Gasteiger partial charge in [-0.25, -0.2) is 9.97 Å². The second kappa shape index (κ2) is 5.69. The van der Waals surface area contributed by atoms with Crippen molar-refractivity contribution in [3.05, 3.63) is 54.2 Å². The summed E-state index contributed by atoms with van der Waals surface area (Å²) in [7, 11) is 0. The Labute approximate surface area is 136 Å². The van der Waals surface area contributed by atoms with Gasteiger partial charge in [-0.2, -0.15) is 0 Å². The van der Waals surface area contributed by atoms with E-state index < -0.39 is 0 Å². The van der Waals surface area contributed by atoms with Gasteiger partial charge >= 0.3 is 0 Å². The minimum atomic E-state index is 0.241. The van der Waals surface area contributed by atoms with Gasteiger partial charge in [0, 0.05) is 11.9 Å². The van der Waals surface area contributed by atoms with Gasteiger partial charge in [0.2, 0.25) is 0 Å². The van der Waals surface area contributed by atoms with Crippen LogP contribution in [0, 0.1) is 12.8 Å².